The molecular formula is C21H18Cl2N6O4S2. The molecule has 0 aliphatic rings. The lowest BCUT2D eigenvalue weighted by Gasteiger charge is -2.12. The number of halogens is 2. The third-order valence-electron chi connectivity index (χ3n) is 4.74. The molecular weight excluding hydrogens is 535 g/mol. The molecule has 10 nitrogen and oxygen atoms in total. The third-order valence-corrected chi connectivity index (χ3v) is 8.09. The van der Waals surface area contributed by atoms with Crippen molar-refractivity contribution in [3.05, 3.63) is 74.6 Å². The third kappa shape index (κ3) is 5.57. The molecule has 182 valence electrons. The van der Waals surface area contributed by atoms with Crippen molar-refractivity contribution in [2.75, 3.05) is 23.7 Å². The standard InChI is InChI=1S/C21H18Cl2N6O4S2/c22-15-9-13(27-21(31)28-35(32,33)19-6-5-18(23)34-19)2-4-17(15)29-11-26-16-10-12(25-8-7-24)1-3-14(16)20(29)30/h1-6,9-11,25H,7-8,24H2,(H2,27,28,31). The molecule has 0 bridgehead atoms. The van der Waals surface area contributed by atoms with Crippen molar-refractivity contribution in [3.63, 3.8) is 0 Å². The minimum Gasteiger partial charge on any atom is -0.384 e. The summed E-state index contributed by atoms with van der Waals surface area (Å²) < 4.78 is 27.9. The Bertz CT molecular complexity index is 1590. The van der Waals surface area contributed by atoms with E-state index < -0.39 is 16.1 Å². The Kier molecular flexibility index (Phi) is 7.28. The summed E-state index contributed by atoms with van der Waals surface area (Å²) in [4.78, 5) is 29.6. The molecule has 0 saturated heterocycles. The van der Waals surface area contributed by atoms with Crippen LogP contribution in [-0.2, 0) is 10.0 Å². The van der Waals surface area contributed by atoms with Crippen molar-refractivity contribution in [1.82, 2.24) is 14.3 Å². The van der Waals surface area contributed by atoms with E-state index in [-0.39, 0.29) is 24.8 Å². The highest BCUT2D eigenvalue weighted by Gasteiger charge is 2.20. The number of nitrogens with one attached hydrogen (secondary N) is 3. The molecule has 2 aromatic heterocycles. The highest BCUT2D eigenvalue weighted by atomic mass is 35.5. The van der Waals surface area contributed by atoms with E-state index in [1.165, 1.54) is 41.2 Å². The van der Waals surface area contributed by atoms with Gasteiger partial charge in [-0.3, -0.25) is 9.36 Å². The first kappa shape index (κ1) is 24.9. The Morgan fingerprint density at radius 2 is 1.86 bits per heavy atom. The first-order chi connectivity index (χ1) is 16.7. The number of hydrogen-bond donors (Lipinski definition) is 4. The van der Waals surface area contributed by atoms with Crippen LogP contribution < -0.4 is 26.6 Å². The largest absolute Gasteiger partial charge is 0.384 e. The zero-order valence-electron chi connectivity index (χ0n) is 17.8. The maximum atomic E-state index is 13.0. The molecule has 0 spiro atoms. The van der Waals surface area contributed by atoms with E-state index in [9.17, 15) is 18.0 Å². The number of hydrogen-bond acceptors (Lipinski definition) is 8. The number of nitrogens with zero attached hydrogens (tertiary/aromatic N) is 2. The van der Waals surface area contributed by atoms with Gasteiger partial charge in [-0.15, -0.1) is 11.3 Å². The van der Waals surface area contributed by atoms with Gasteiger partial charge in [-0.05, 0) is 48.5 Å². The van der Waals surface area contributed by atoms with Crippen molar-refractivity contribution < 1.29 is 13.2 Å². The normalized spacial score (nSPS) is 11.4. The van der Waals surface area contributed by atoms with Crippen molar-refractivity contribution in [3.8, 4) is 5.69 Å². The Balaban J connectivity index is 1.54. The van der Waals surface area contributed by atoms with Gasteiger partial charge in [-0.25, -0.2) is 22.9 Å². The number of urea groups is 1. The predicted octanol–water partition coefficient (Wildman–Crippen LogP) is 3.64. The average molecular weight is 553 g/mol. The molecule has 0 atom stereocenters. The SMILES string of the molecule is NCCNc1ccc2c(=O)n(-c3ccc(NC(=O)NS(=O)(=O)c4ccc(Cl)s4)cc3Cl)cnc2c1. The van der Waals surface area contributed by atoms with Crippen molar-refractivity contribution in [2.24, 2.45) is 5.73 Å². The van der Waals surface area contributed by atoms with Crippen LogP contribution in [0.1, 0.15) is 0 Å². The van der Waals surface area contributed by atoms with E-state index in [0.29, 0.717) is 29.7 Å². The van der Waals surface area contributed by atoms with Gasteiger partial charge in [-0.1, -0.05) is 23.2 Å². The summed E-state index contributed by atoms with van der Waals surface area (Å²) in [5, 5.41) is 6.06. The van der Waals surface area contributed by atoms with Crippen molar-refractivity contribution >= 4 is 72.9 Å². The summed E-state index contributed by atoms with van der Waals surface area (Å²) in [5.74, 6) is 0. The zero-order chi connectivity index (χ0) is 25.2. The summed E-state index contributed by atoms with van der Waals surface area (Å²) in [6.07, 6.45) is 1.36. The molecule has 5 N–H and O–H groups in total. The first-order valence-corrected chi connectivity index (χ1v) is 13.1. The van der Waals surface area contributed by atoms with Crippen LogP contribution in [0.2, 0.25) is 9.36 Å². The number of carbonyl (C=O) groups is 1. The van der Waals surface area contributed by atoms with Crippen LogP contribution in [0.3, 0.4) is 0 Å². The van der Waals surface area contributed by atoms with E-state index >= 15 is 0 Å². The van der Waals surface area contributed by atoms with E-state index in [0.717, 1.165) is 17.0 Å². The molecule has 0 aliphatic heterocycles. The highest BCUT2D eigenvalue weighted by Crippen LogP contribution is 2.26. The fourth-order valence-electron chi connectivity index (χ4n) is 3.17. The molecule has 2 amide bonds. The number of aromatic nitrogens is 2. The molecule has 0 unspecified atom stereocenters. The number of sulfonamides is 1. The predicted molar refractivity (Wildman–Crippen MR) is 139 cm³/mol. The van der Waals surface area contributed by atoms with Crippen LogP contribution in [0.5, 0.6) is 0 Å². The van der Waals surface area contributed by atoms with Gasteiger partial charge < -0.3 is 16.4 Å². The van der Waals surface area contributed by atoms with E-state index in [4.69, 9.17) is 28.9 Å². The Labute approximate surface area is 213 Å². The summed E-state index contributed by atoms with van der Waals surface area (Å²) in [5.41, 5.74) is 7.02. The maximum absolute atomic E-state index is 13.0. The fraction of sp³-hybridized carbons (Fsp3) is 0.0952. The quantitative estimate of drug-likeness (QED) is 0.273. The van der Waals surface area contributed by atoms with Crippen LogP contribution in [0.4, 0.5) is 16.2 Å². The fourth-order valence-corrected chi connectivity index (χ4v) is 5.83. The maximum Gasteiger partial charge on any atom is 0.333 e. The van der Waals surface area contributed by atoms with Gasteiger partial charge in [0, 0.05) is 24.5 Å². The lowest BCUT2D eigenvalue weighted by Crippen LogP contribution is -2.33. The van der Waals surface area contributed by atoms with Crippen molar-refractivity contribution in [2.45, 2.75) is 4.21 Å². The number of thiophene rings is 1. The second kappa shape index (κ2) is 10.2. The number of fused-ring (bicyclic) bond motifs is 1. The van der Waals surface area contributed by atoms with Gasteiger partial charge in [0.25, 0.3) is 15.6 Å². The number of carbonyl (C=O) groups excluding carboxylic acids is 1. The van der Waals surface area contributed by atoms with Gasteiger partial charge in [0.2, 0.25) is 0 Å². The lowest BCUT2D eigenvalue weighted by atomic mass is 10.2. The van der Waals surface area contributed by atoms with Gasteiger partial charge in [0.15, 0.2) is 0 Å². The Morgan fingerprint density at radius 3 is 2.54 bits per heavy atom. The average Bonchev–Trinajstić information content (AvgIpc) is 3.25. The molecule has 2 aromatic carbocycles. The summed E-state index contributed by atoms with van der Waals surface area (Å²) in [6, 6.07) is 11.3. The Hall–Kier alpha value is -3.16. The van der Waals surface area contributed by atoms with Crippen LogP contribution >= 0.6 is 34.5 Å². The number of anilines is 2. The molecule has 0 aliphatic carbocycles. The van der Waals surface area contributed by atoms with E-state index in [1.54, 1.807) is 18.2 Å². The minimum atomic E-state index is -4.08. The summed E-state index contributed by atoms with van der Waals surface area (Å²) >= 11 is 12.9. The number of rotatable bonds is 7. The monoisotopic (exact) mass is 552 g/mol. The van der Waals surface area contributed by atoms with Gasteiger partial charge in [0.1, 0.15) is 10.5 Å². The molecule has 14 heteroatoms. The molecule has 4 rings (SSSR count). The van der Waals surface area contributed by atoms with Gasteiger partial charge in [-0.2, -0.15) is 0 Å². The number of benzene rings is 2. The topological polar surface area (TPSA) is 148 Å². The molecule has 35 heavy (non-hydrogen) atoms. The smallest absolute Gasteiger partial charge is 0.333 e. The number of nitrogens with two attached hydrogens (primary N) is 1. The first-order valence-electron chi connectivity index (χ1n) is 10.0. The van der Waals surface area contributed by atoms with Crippen LogP contribution in [-0.4, -0.2) is 37.1 Å². The summed E-state index contributed by atoms with van der Waals surface area (Å²) in [6.45, 7) is 1.06. The van der Waals surface area contributed by atoms with Gasteiger partial charge >= 0.3 is 6.03 Å². The second-order valence-electron chi connectivity index (χ2n) is 7.15. The molecule has 4 aromatic rings. The van der Waals surface area contributed by atoms with E-state index in [1.807, 2.05) is 4.72 Å². The molecule has 0 radical (unpaired) electrons. The molecule has 0 fully saturated rings. The highest BCUT2D eigenvalue weighted by molar-refractivity contribution is 7.92. The second-order valence-corrected chi connectivity index (χ2v) is 11.2. The van der Waals surface area contributed by atoms with E-state index in [2.05, 4.69) is 15.6 Å². The van der Waals surface area contributed by atoms with Crippen molar-refractivity contribution in [1.29, 1.82) is 0 Å². The van der Waals surface area contributed by atoms with Crippen LogP contribution in [0.25, 0.3) is 16.6 Å². The van der Waals surface area contributed by atoms with Gasteiger partial charge in [0.05, 0.1) is 25.9 Å². The summed E-state index contributed by atoms with van der Waals surface area (Å²) in [7, 11) is -4.08. The molecule has 2 heterocycles. The number of amides is 2. The lowest BCUT2D eigenvalue weighted by molar-refractivity contribution is 0.256. The minimum absolute atomic E-state index is 0.100. The molecule has 0 saturated carbocycles. The van der Waals surface area contributed by atoms with Crippen LogP contribution in [0, 0.1) is 0 Å². The zero-order valence-corrected chi connectivity index (χ0v) is 20.9. The Morgan fingerprint density at radius 1 is 1.09 bits per heavy atom. The van der Waals surface area contributed by atoms with Crippen LogP contribution in [0.15, 0.2) is 63.9 Å².